The molecular formula is C18H25NO3. The number of nitrogens with one attached hydrogen (secondary N) is 1. The predicted molar refractivity (Wildman–Crippen MR) is 85.9 cm³/mol. The van der Waals surface area contributed by atoms with E-state index in [1.165, 1.54) is 6.42 Å². The average molecular weight is 303 g/mol. The number of carbonyl (C=O) groups excluding carboxylic acids is 1. The summed E-state index contributed by atoms with van der Waals surface area (Å²) in [6.07, 6.45) is 7.05. The Morgan fingerprint density at radius 3 is 2.59 bits per heavy atom. The normalized spacial score (nSPS) is 17.0. The Morgan fingerprint density at radius 1 is 1.23 bits per heavy atom. The van der Waals surface area contributed by atoms with Gasteiger partial charge in [-0.25, -0.2) is 4.79 Å². The summed E-state index contributed by atoms with van der Waals surface area (Å²) in [6.45, 7) is 2.66. The molecule has 1 saturated carbocycles. The molecule has 1 aliphatic rings. The molecule has 1 aliphatic carbocycles. The molecule has 0 unspecified atom stereocenters. The minimum absolute atomic E-state index is 0.170. The van der Waals surface area contributed by atoms with E-state index >= 15 is 0 Å². The number of hydrogen-bond acceptors (Lipinski definition) is 2. The van der Waals surface area contributed by atoms with Crippen LogP contribution < -0.4 is 5.32 Å². The summed E-state index contributed by atoms with van der Waals surface area (Å²) in [5.74, 6) is -0.748. The summed E-state index contributed by atoms with van der Waals surface area (Å²) in [4.78, 5) is 23.5. The number of carboxylic acid groups (broad SMARTS) is 1. The van der Waals surface area contributed by atoms with Gasteiger partial charge in [-0.15, -0.1) is 0 Å². The highest BCUT2D eigenvalue weighted by atomic mass is 16.4. The summed E-state index contributed by atoms with van der Waals surface area (Å²) in [5, 5.41) is 12.0. The summed E-state index contributed by atoms with van der Waals surface area (Å²) in [6, 6.07) is 6.90. The zero-order valence-corrected chi connectivity index (χ0v) is 13.2. The summed E-state index contributed by atoms with van der Waals surface area (Å²) >= 11 is 0. The number of benzene rings is 1. The zero-order chi connectivity index (χ0) is 16.0. The lowest BCUT2D eigenvalue weighted by molar-refractivity contribution is -0.133. The van der Waals surface area contributed by atoms with Crippen LogP contribution in [0.15, 0.2) is 24.3 Å². The Balaban J connectivity index is 1.88. The molecule has 0 spiro atoms. The van der Waals surface area contributed by atoms with E-state index in [4.69, 9.17) is 5.11 Å². The van der Waals surface area contributed by atoms with Gasteiger partial charge in [0.15, 0.2) is 0 Å². The molecule has 2 N–H and O–H groups in total. The molecule has 0 aromatic heterocycles. The van der Waals surface area contributed by atoms with Crippen LogP contribution in [-0.4, -0.2) is 23.5 Å². The lowest BCUT2D eigenvalue weighted by Crippen LogP contribution is -2.42. The average Bonchev–Trinajstić information content (AvgIpc) is 2.55. The molecule has 4 nitrogen and oxygen atoms in total. The molecule has 1 aromatic rings. The molecular weight excluding hydrogens is 278 g/mol. The van der Waals surface area contributed by atoms with Gasteiger partial charge in [-0.05, 0) is 43.4 Å². The highest BCUT2D eigenvalue weighted by Crippen LogP contribution is 2.39. The van der Waals surface area contributed by atoms with Crippen LogP contribution in [0, 0.1) is 5.41 Å². The highest BCUT2D eigenvalue weighted by Gasteiger charge is 2.37. The number of carboxylic acids is 1. The predicted octanol–water partition coefficient (Wildman–Crippen LogP) is 3.40. The molecule has 0 radical (unpaired) electrons. The van der Waals surface area contributed by atoms with E-state index in [-0.39, 0.29) is 11.3 Å². The van der Waals surface area contributed by atoms with Gasteiger partial charge in [0.25, 0.3) is 0 Å². The molecule has 120 valence electrons. The first-order chi connectivity index (χ1) is 10.6. The Hall–Kier alpha value is -1.84. The number of aromatic carboxylic acids is 1. The van der Waals surface area contributed by atoms with E-state index in [2.05, 4.69) is 12.2 Å². The molecule has 0 aliphatic heterocycles. The maximum atomic E-state index is 12.5. The molecule has 22 heavy (non-hydrogen) atoms. The van der Waals surface area contributed by atoms with Crippen molar-refractivity contribution in [1.82, 2.24) is 5.32 Å². The van der Waals surface area contributed by atoms with Crippen LogP contribution in [0.3, 0.4) is 0 Å². The van der Waals surface area contributed by atoms with E-state index < -0.39 is 5.97 Å². The second-order valence-electron chi connectivity index (χ2n) is 6.21. The van der Waals surface area contributed by atoms with Crippen molar-refractivity contribution in [2.45, 2.75) is 51.9 Å². The van der Waals surface area contributed by atoms with Crippen molar-refractivity contribution in [2.75, 3.05) is 6.54 Å². The van der Waals surface area contributed by atoms with Gasteiger partial charge >= 0.3 is 5.97 Å². The topological polar surface area (TPSA) is 66.4 Å². The largest absolute Gasteiger partial charge is 0.478 e. The molecule has 0 atom stereocenters. The van der Waals surface area contributed by atoms with Crippen LogP contribution in [0.1, 0.15) is 61.4 Å². The van der Waals surface area contributed by atoms with Gasteiger partial charge in [0, 0.05) is 12.0 Å². The van der Waals surface area contributed by atoms with E-state index in [9.17, 15) is 9.59 Å². The minimum Gasteiger partial charge on any atom is -0.478 e. The fraction of sp³-hybridized carbons (Fsp3) is 0.556. The van der Waals surface area contributed by atoms with Crippen LogP contribution in [0.25, 0.3) is 0 Å². The van der Waals surface area contributed by atoms with Crippen molar-refractivity contribution in [3.8, 4) is 0 Å². The second kappa shape index (κ2) is 7.43. The molecule has 2 rings (SSSR count). The molecule has 4 heteroatoms. The number of rotatable bonds is 6. The quantitative estimate of drug-likeness (QED) is 0.846. The third-order valence-corrected chi connectivity index (χ3v) is 4.84. The monoisotopic (exact) mass is 303 g/mol. The molecule has 0 heterocycles. The first-order valence-corrected chi connectivity index (χ1v) is 8.18. The number of hydrogen-bond donors (Lipinski definition) is 2. The molecule has 0 bridgehead atoms. The van der Waals surface area contributed by atoms with Crippen molar-refractivity contribution in [3.63, 3.8) is 0 Å². The van der Waals surface area contributed by atoms with Crippen LogP contribution in [0.4, 0.5) is 0 Å². The second-order valence-corrected chi connectivity index (χ2v) is 6.21. The van der Waals surface area contributed by atoms with Gasteiger partial charge < -0.3 is 10.4 Å². The lowest BCUT2D eigenvalue weighted by Gasteiger charge is -2.35. The summed E-state index contributed by atoms with van der Waals surface area (Å²) in [5.41, 5.74) is 1.05. The SMILES string of the molecule is CCC1(C(=O)NCCc2cccc(C(=O)O)c2)CCCCC1. The summed E-state index contributed by atoms with van der Waals surface area (Å²) in [7, 11) is 0. The van der Waals surface area contributed by atoms with Gasteiger partial charge in [-0.3, -0.25) is 4.79 Å². The van der Waals surface area contributed by atoms with Crippen molar-refractivity contribution in [1.29, 1.82) is 0 Å². The Morgan fingerprint density at radius 2 is 1.95 bits per heavy atom. The van der Waals surface area contributed by atoms with Crippen LogP contribution in [0.5, 0.6) is 0 Å². The first kappa shape index (κ1) is 16.5. The smallest absolute Gasteiger partial charge is 0.335 e. The first-order valence-electron chi connectivity index (χ1n) is 8.18. The van der Waals surface area contributed by atoms with E-state index in [1.807, 2.05) is 6.07 Å². The van der Waals surface area contributed by atoms with Crippen molar-refractivity contribution in [2.24, 2.45) is 5.41 Å². The Labute approximate surface area is 131 Å². The maximum absolute atomic E-state index is 12.5. The standard InChI is InChI=1S/C18H25NO3/c1-2-18(10-4-3-5-11-18)17(22)19-12-9-14-7-6-8-15(13-14)16(20)21/h6-8,13H,2-5,9-12H2,1H3,(H,19,22)(H,20,21). The van der Waals surface area contributed by atoms with E-state index in [1.54, 1.807) is 18.2 Å². The van der Waals surface area contributed by atoms with Crippen molar-refractivity contribution < 1.29 is 14.7 Å². The van der Waals surface area contributed by atoms with Gasteiger partial charge in [-0.2, -0.15) is 0 Å². The fourth-order valence-electron chi connectivity index (χ4n) is 3.34. The van der Waals surface area contributed by atoms with Crippen molar-refractivity contribution >= 4 is 11.9 Å². The van der Waals surface area contributed by atoms with E-state index in [0.717, 1.165) is 37.7 Å². The number of amides is 1. The minimum atomic E-state index is -0.918. The fourth-order valence-corrected chi connectivity index (χ4v) is 3.34. The van der Waals surface area contributed by atoms with Gasteiger partial charge in [0.05, 0.1) is 5.56 Å². The molecule has 1 amide bonds. The maximum Gasteiger partial charge on any atom is 0.335 e. The van der Waals surface area contributed by atoms with Crippen LogP contribution in [-0.2, 0) is 11.2 Å². The van der Waals surface area contributed by atoms with Crippen LogP contribution >= 0.6 is 0 Å². The molecule has 1 fully saturated rings. The van der Waals surface area contributed by atoms with Gasteiger partial charge in [0.1, 0.15) is 0 Å². The molecule has 1 aromatic carbocycles. The summed E-state index contributed by atoms with van der Waals surface area (Å²) < 4.78 is 0. The van der Waals surface area contributed by atoms with Crippen molar-refractivity contribution in [3.05, 3.63) is 35.4 Å². The highest BCUT2D eigenvalue weighted by molar-refractivity contribution is 5.87. The van der Waals surface area contributed by atoms with Gasteiger partial charge in [-0.1, -0.05) is 38.3 Å². The third-order valence-electron chi connectivity index (χ3n) is 4.84. The lowest BCUT2D eigenvalue weighted by atomic mass is 9.71. The van der Waals surface area contributed by atoms with E-state index in [0.29, 0.717) is 18.5 Å². The Bertz CT molecular complexity index is 533. The molecule has 0 saturated heterocycles. The third kappa shape index (κ3) is 3.87. The number of carbonyl (C=O) groups is 2. The zero-order valence-electron chi connectivity index (χ0n) is 13.2. The van der Waals surface area contributed by atoms with Crippen LogP contribution in [0.2, 0.25) is 0 Å². The van der Waals surface area contributed by atoms with Gasteiger partial charge in [0.2, 0.25) is 5.91 Å². The Kier molecular flexibility index (Phi) is 5.58.